The smallest absolute Gasteiger partial charge is 0.142 e. The highest BCUT2D eigenvalue weighted by molar-refractivity contribution is 9.10. The molecule has 1 heterocycles. The summed E-state index contributed by atoms with van der Waals surface area (Å²) in [6.07, 6.45) is 1.00. The van der Waals surface area contributed by atoms with Crippen LogP contribution in [0.3, 0.4) is 0 Å². The molecule has 0 aliphatic rings. The van der Waals surface area contributed by atoms with Crippen LogP contribution in [-0.2, 0) is 6.54 Å². The summed E-state index contributed by atoms with van der Waals surface area (Å²) in [7, 11) is 0. The van der Waals surface area contributed by atoms with Crippen LogP contribution in [0.15, 0.2) is 40.9 Å². The number of fused-ring (bicyclic) bond motifs is 1. The minimum Gasteiger partial charge on any atom is -0.399 e. The molecule has 0 bridgehead atoms. The summed E-state index contributed by atoms with van der Waals surface area (Å²) < 4.78 is 3.14. The first kappa shape index (κ1) is 14.4. The SMILES string of the molecule is CCCn1c(-c2cc(N)ccc2Br)nc2cccc(Cl)c21. The number of nitrogens with zero attached hydrogens (tertiary/aromatic N) is 2. The lowest BCUT2D eigenvalue weighted by Crippen LogP contribution is -2.01. The topological polar surface area (TPSA) is 43.8 Å². The van der Waals surface area contributed by atoms with Crippen LogP contribution in [0.2, 0.25) is 5.02 Å². The molecule has 0 aliphatic heterocycles. The minimum atomic E-state index is 0.717. The van der Waals surface area contributed by atoms with Crippen LogP contribution in [0, 0.1) is 0 Å². The molecule has 3 aromatic rings. The van der Waals surface area contributed by atoms with Gasteiger partial charge in [-0.15, -0.1) is 0 Å². The zero-order chi connectivity index (χ0) is 15.0. The van der Waals surface area contributed by atoms with Gasteiger partial charge in [-0.2, -0.15) is 0 Å². The fourth-order valence-electron chi connectivity index (χ4n) is 2.50. The third-order valence-electron chi connectivity index (χ3n) is 3.40. The number of nitrogens with two attached hydrogens (primary N) is 1. The van der Waals surface area contributed by atoms with Gasteiger partial charge in [0, 0.05) is 22.3 Å². The van der Waals surface area contributed by atoms with Crippen molar-refractivity contribution in [3.8, 4) is 11.4 Å². The van der Waals surface area contributed by atoms with E-state index in [2.05, 4.69) is 27.4 Å². The molecule has 0 amide bonds. The molecule has 0 unspecified atom stereocenters. The van der Waals surface area contributed by atoms with Crippen molar-refractivity contribution in [3.63, 3.8) is 0 Å². The van der Waals surface area contributed by atoms with Gasteiger partial charge >= 0.3 is 0 Å². The number of aryl methyl sites for hydroxylation is 1. The molecule has 0 saturated heterocycles. The number of para-hydroxylation sites is 1. The second kappa shape index (κ2) is 5.70. The van der Waals surface area contributed by atoms with Gasteiger partial charge < -0.3 is 10.3 Å². The summed E-state index contributed by atoms with van der Waals surface area (Å²) in [5.74, 6) is 0.888. The lowest BCUT2D eigenvalue weighted by atomic mass is 10.2. The van der Waals surface area contributed by atoms with E-state index in [-0.39, 0.29) is 0 Å². The first-order valence-electron chi connectivity index (χ1n) is 6.82. The Labute approximate surface area is 136 Å². The molecule has 3 nitrogen and oxygen atoms in total. The summed E-state index contributed by atoms with van der Waals surface area (Å²) in [6, 6.07) is 11.6. The fourth-order valence-corrected chi connectivity index (χ4v) is 3.20. The number of rotatable bonds is 3. The van der Waals surface area contributed by atoms with E-state index in [9.17, 15) is 0 Å². The molecule has 5 heteroatoms. The number of imidazole rings is 1. The standard InChI is InChI=1S/C16H15BrClN3/c1-2-8-21-15-13(18)4-3-5-14(15)20-16(21)11-9-10(19)6-7-12(11)17/h3-7,9H,2,8,19H2,1H3. The number of aromatic nitrogens is 2. The van der Waals surface area contributed by atoms with Crippen LogP contribution in [0.5, 0.6) is 0 Å². The highest BCUT2D eigenvalue weighted by atomic mass is 79.9. The van der Waals surface area contributed by atoms with Crippen LogP contribution in [0.4, 0.5) is 5.69 Å². The third kappa shape index (κ3) is 2.54. The Hall–Kier alpha value is -1.52. The molecule has 0 atom stereocenters. The molecule has 1 aromatic heterocycles. The van der Waals surface area contributed by atoms with E-state index >= 15 is 0 Å². The van der Waals surface area contributed by atoms with E-state index < -0.39 is 0 Å². The molecule has 0 fully saturated rings. The lowest BCUT2D eigenvalue weighted by Gasteiger charge is -2.10. The molecule has 21 heavy (non-hydrogen) atoms. The molecular weight excluding hydrogens is 350 g/mol. The van der Waals surface area contributed by atoms with Crippen LogP contribution < -0.4 is 5.73 Å². The number of benzene rings is 2. The van der Waals surface area contributed by atoms with Gasteiger partial charge in [0.1, 0.15) is 5.82 Å². The molecule has 2 N–H and O–H groups in total. The Morgan fingerprint density at radius 2 is 2.10 bits per heavy atom. The van der Waals surface area contributed by atoms with Crippen LogP contribution in [0.1, 0.15) is 13.3 Å². The number of hydrogen-bond donors (Lipinski definition) is 1. The quantitative estimate of drug-likeness (QED) is 0.656. The predicted molar refractivity (Wildman–Crippen MR) is 92.6 cm³/mol. The average molecular weight is 365 g/mol. The van der Waals surface area contributed by atoms with E-state index in [1.54, 1.807) is 0 Å². The molecule has 108 valence electrons. The second-order valence-corrected chi connectivity index (χ2v) is 6.20. The Balaban J connectivity index is 2.34. The van der Waals surface area contributed by atoms with Gasteiger partial charge in [-0.05, 0) is 36.8 Å². The molecule has 3 rings (SSSR count). The minimum absolute atomic E-state index is 0.717. The summed E-state index contributed by atoms with van der Waals surface area (Å²) in [6.45, 7) is 3.00. The fraction of sp³-hybridized carbons (Fsp3) is 0.188. The largest absolute Gasteiger partial charge is 0.399 e. The van der Waals surface area contributed by atoms with Gasteiger partial charge in [0.2, 0.25) is 0 Å². The normalized spacial score (nSPS) is 11.2. The van der Waals surface area contributed by atoms with E-state index in [0.717, 1.165) is 50.6 Å². The molecule has 0 radical (unpaired) electrons. The average Bonchev–Trinajstić information content (AvgIpc) is 2.82. The van der Waals surface area contributed by atoms with Crippen LogP contribution in [-0.4, -0.2) is 9.55 Å². The Kier molecular flexibility index (Phi) is 3.91. The number of anilines is 1. The van der Waals surface area contributed by atoms with Crippen molar-refractivity contribution in [1.29, 1.82) is 0 Å². The Morgan fingerprint density at radius 3 is 2.86 bits per heavy atom. The summed E-state index contributed by atoms with van der Waals surface area (Å²) in [5.41, 5.74) is 9.51. The van der Waals surface area contributed by atoms with Gasteiger partial charge in [-0.1, -0.05) is 40.5 Å². The monoisotopic (exact) mass is 363 g/mol. The van der Waals surface area contributed by atoms with E-state index in [1.807, 2.05) is 36.4 Å². The summed E-state index contributed by atoms with van der Waals surface area (Å²) >= 11 is 9.96. The molecule has 0 aliphatic carbocycles. The maximum absolute atomic E-state index is 6.37. The number of hydrogen-bond acceptors (Lipinski definition) is 2. The van der Waals surface area contributed by atoms with Crippen molar-refractivity contribution in [2.45, 2.75) is 19.9 Å². The van der Waals surface area contributed by atoms with Crippen LogP contribution in [0.25, 0.3) is 22.4 Å². The lowest BCUT2D eigenvalue weighted by molar-refractivity contribution is 0.704. The zero-order valence-corrected chi connectivity index (χ0v) is 13.9. The van der Waals surface area contributed by atoms with E-state index in [4.69, 9.17) is 22.3 Å². The molecule has 0 spiro atoms. The van der Waals surface area contributed by atoms with Gasteiger partial charge in [-0.3, -0.25) is 0 Å². The highest BCUT2D eigenvalue weighted by Crippen LogP contribution is 2.34. The number of nitrogen functional groups attached to an aromatic ring is 1. The van der Waals surface area contributed by atoms with E-state index in [1.165, 1.54) is 0 Å². The molecule has 2 aromatic carbocycles. The molecular formula is C16H15BrClN3. The van der Waals surface area contributed by atoms with Crippen molar-refractivity contribution in [2.24, 2.45) is 0 Å². The Bertz CT molecular complexity index is 811. The molecule has 0 saturated carbocycles. The van der Waals surface area contributed by atoms with Crippen molar-refractivity contribution in [2.75, 3.05) is 5.73 Å². The maximum atomic E-state index is 6.37. The van der Waals surface area contributed by atoms with Crippen molar-refractivity contribution in [1.82, 2.24) is 9.55 Å². The van der Waals surface area contributed by atoms with Crippen molar-refractivity contribution >= 4 is 44.3 Å². The first-order valence-corrected chi connectivity index (χ1v) is 7.99. The van der Waals surface area contributed by atoms with Gasteiger partial charge in [0.15, 0.2) is 0 Å². The predicted octanol–water partition coefficient (Wildman–Crippen LogP) is 5.11. The first-order chi connectivity index (χ1) is 10.1. The third-order valence-corrected chi connectivity index (χ3v) is 4.39. The number of halogens is 2. The second-order valence-electron chi connectivity index (χ2n) is 4.93. The van der Waals surface area contributed by atoms with Gasteiger partial charge in [0.25, 0.3) is 0 Å². The summed E-state index contributed by atoms with van der Waals surface area (Å²) in [5, 5.41) is 0.722. The van der Waals surface area contributed by atoms with Gasteiger partial charge in [-0.25, -0.2) is 4.98 Å². The highest BCUT2D eigenvalue weighted by Gasteiger charge is 2.16. The maximum Gasteiger partial charge on any atom is 0.142 e. The van der Waals surface area contributed by atoms with Crippen molar-refractivity contribution in [3.05, 3.63) is 45.9 Å². The van der Waals surface area contributed by atoms with E-state index in [0.29, 0.717) is 0 Å². The van der Waals surface area contributed by atoms with Crippen LogP contribution >= 0.6 is 27.5 Å². The summed E-state index contributed by atoms with van der Waals surface area (Å²) in [4.78, 5) is 4.76. The van der Waals surface area contributed by atoms with Gasteiger partial charge in [0.05, 0.1) is 16.1 Å². The van der Waals surface area contributed by atoms with Crippen molar-refractivity contribution < 1.29 is 0 Å². The Morgan fingerprint density at radius 1 is 1.29 bits per heavy atom. The zero-order valence-electron chi connectivity index (χ0n) is 11.6.